The minimum atomic E-state index is -0.372. The van der Waals surface area contributed by atoms with Crippen LogP contribution in [0.5, 0.6) is 0 Å². The van der Waals surface area contributed by atoms with Crippen molar-refractivity contribution >= 4 is 11.7 Å². The minimum Gasteiger partial charge on any atom is -0.465 e. The molecule has 1 aliphatic heterocycles. The van der Waals surface area contributed by atoms with Gasteiger partial charge < -0.3 is 14.1 Å². The van der Waals surface area contributed by atoms with Gasteiger partial charge in [-0.3, -0.25) is 4.90 Å². The van der Waals surface area contributed by atoms with E-state index in [0.717, 1.165) is 37.6 Å². The van der Waals surface area contributed by atoms with E-state index in [0.29, 0.717) is 17.9 Å². The summed E-state index contributed by atoms with van der Waals surface area (Å²) in [4.78, 5) is 16.2. The maximum absolute atomic E-state index is 13.0. The Hall–Kier alpha value is -2.34. The van der Waals surface area contributed by atoms with Crippen molar-refractivity contribution in [1.29, 1.82) is 0 Å². The van der Waals surface area contributed by atoms with Crippen molar-refractivity contribution in [3.63, 3.8) is 0 Å². The number of ether oxygens (including phenoxy) is 1. The first-order valence-electron chi connectivity index (χ1n) is 7.97. The second kappa shape index (κ2) is 7.05. The van der Waals surface area contributed by atoms with Crippen LogP contribution in [0.25, 0.3) is 0 Å². The predicted octanol–water partition coefficient (Wildman–Crippen LogP) is 2.84. The fourth-order valence-electron chi connectivity index (χ4n) is 2.97. The van der Waals surface area contributed by atoms with E-state index in [1.165, 1.54) is 19.2 Å². The summed E-state index contributed by atoms with van der Waals surface area (Å²) in [5, 5.41) is 0. The third-order valence-electron chi connectivity index (χ3n) is 4.32. The van der Waals surface area contributed by atoms with Crippen LogP contribution in [-0.4, -0.2) is 44.2 Å². The third kappa shape index (κ3) is 3.59. The molecule has 5 nitrogen and oxygen atoms in total. The van der Waals surface area contributed by atoms with Crippen LogP contribution in [0.3, 0.4) is 0 Å². The quantitative estimate of drug-likeness (QED) is 0.806. The first kappa shape index (κ1) is 16.5. The van der Waals surface area contributed by atoms with Gasteiger partial charge in [-0.1, -0.05) is 0 Å². The maximum atomic E-state index is 13.0. The lowest BCUT2D eigenvalue weighted by atomic mass is 10.2. The van der Waals surface area contributed by atoms with Gasteiger partial charge in [0.1, 0.15) is 22.9 Å². The summed E-state index contributed by atoms with van der Waals surface area (Å²) in [6.07, 6.45) is 0. The molecule has 1 aromatic heterocycles. The number of benzene rings is 1. The van der Waals surface area contributed by atoms with E-state index in [1.54, 1.807) is 13.0 Å². The van der Waals surface area contributed by atoms with Crippen LogP contribution in [0.1, 0.15) is 21.9 Å². The lowest BCUT2D eigenvalue weighted by Crippen LogP contribution is -2.45. The number of aryl methyl sites for hydroxylation is 1. The van der Waals surface area contributed by atoms with Crippen LogP contribution >= 0.6 is 0 Å². The van der Waals surface area contributed by atoms with Crippen LogP contribution in [0.2, 0.25) is 0 Å². The Morgan fingerprint density at radius 1 is 1.21 bits per heavy atom. The van der Waals surface area contributed by atoms with Crippen molar-refractivity contribution < 1.29 is 18.3 Å². The molecule has 0 saturated carbocycles. The SMILES string of the molecule is COC(=O)c1cc(CN2CCN(c3ccc(F)cc3)CC2)oc1C. The average molecular weight is 332 g/mol. The number of carbonyl (C=O) groups excluding carboxylic acids is 1. The molecule has 3 rings (SSSR count). The van der Waals surface area contributed by atoms with E-state index < -0.39 is 0 Å². The van der Waals surface area contributed by atoms with Gasteiger partial charge >= 0.3 is 5.97 Å². The molecule has 6 heteroatoms. The normalized spacial score (nSPS) is 15.5. The van der Waals surface area contributed by atoms with Gasteiger partial charge in [-0.15, -0.1) is 0 Å². The van der Waals surface area contributed by atoms with Crippen LogP contribution in [0, 0.1) is 12.7 Å². The molecule has 0 bridgehead atoms. The molecular weight excluding hydrogens is 311 g/mol. The standard InChI is InChI=1S/C18H21FN2O3/c1-13-17(18(22)23-2)11-16(24-13)12-20-7-9-21(10-8-20)15-5-3-14(19)4-6-15/h3-6,11H,7-10,12H2,1-2H3. The minimum absolute atomic E-state index is 0.216. The summed E-state index contributed by atoms with van der Waals surface area (Å²) in [6.45, 7) is 5.93. The zero-order chi connectivity index (χ0) is 17.1. The predicted molar refractivity (Wildman–Crippen MR) is 88.7 cm³/mol. The van der Waals surface area contributed by atoms with E-state index in [9.17, 15) is 9.18 Å². The zero-order valence-corrected chi connectivity index (χ0v) is 13.9. The molecule has 0 aliphatic carbocycles. The van der Waals surface area contributed by atoms with Gasteiger partial charge in [0.05, 0.1) is 13.7 Å². The van der Waals surface area contributed by atoms with Crippen LogP contribution in [-0.2, 0) is 11.3 Å². The Balaban J connectivity index is 1.57. The molecule has 0 spiro atoms. The zero-order valence-electron chi connectivity index (χ0n) is 13.9. The molecule has 2 heterocycles. The smallest absolute Gasteiger partial charge is 0.341 e. The lowest BCUT2D eigenvalue weighted by Gasteiger charge is -2.35. The molecular formula is C18H21FN2O3. The third-order valence-corrected chi connectivity index (χ3v) is 4.32. The fourth-order valence-corrected chi connectivity index (χ4v) is 2.97. The summed E-state index contributed by atoms with van der Waals surface area (Å²) in [5.41, 5.74) is 1.52. The van der Waals surface area contributed by atoms with E-state index in [-0.39, 0.29) is 11.8 Å². The Morgan fingerprint density at radius 2 is 1.88 bits per heavy atom. The van der Waals surface area contributed by atoms with Crippen molar-refractivity contribution in [2.24, 2.45) is 0 Å². The van der Waals surface area contributed by atoms with Gasteiger partial charge in [0.15, 0.2) is 0 Å². The van der Waals surface area contributed by atoms with Crippen LogP contribution in [0.15, 0.2) is 34.7 Å². The van der Waals surface area contributed by atoms with Crippen molar-refractivity contribution in [1.82, 2.24) is 4.90 Å². The van der Waals surface area contributed by atoms with Crippen molar-refractivity contribution in [2.45, 2.75) is 13.5 Å². The number of methoxy groups -OCH3 is 1. The van der Waals surface area contributed by atoms with Gasteiger partial charge in [0.2, 0.25) is 0 Å². The number of rotatable bonds is 4. The molecule has 0 radical (unpaired) electrons. The van der Waals surface area contributed by atoms with E-state index in [2.05, 4.69) is 9.80 Å². The highest BCUT2D eigenvalue weighted by Crippen LogP contribution is 2.20. The van der Waals surface area contributed by atoms with Crippen molar-refractivity contribution in [3.8, 4) is 0 Å². The Kier molecular flexibility index (Phi) is 4.85. The van der Waals surface area contributed by atoms with Crippen molar-refractivity contribution in [3.05, 3.63) is 53.2 Å². The molecule has 1 fully saturated rings. The molecule has 24 heavy (non-hydrogen) atoms. The number of furan rings is 1. The van der Waals surface area contributed by atoms with Gasteiger partial charge in [0.25, 0.3) is 0 Å². The topological polar surface area (TPSA) is 45.9 Å². The molecule has 128 valence electrons. The Labute approximate surface area is 140 Å². The highest BCUT2D eigenvalue weighted by atomic mass is 19.1. The fraction of sp³-hybridized carbons (Fsp3) is 0.389. The second-order valence-electron chi connectivity index (χ2n) is 5.91. The summed E-state index contributed by atoms with van der Waals surface area (Å²) in [5.74, 6) is 0.764. The number of esters is 1. The highest BCUT2D eigenvalue weighted by molar-refractivity contribution is 5.90. The molecule has 1 aliphatic rings. The van der Waals surface area contributed by atoms with Gasteiger partial charge in [-0.2, -0.15) is 0 Å². The first-order valence-corrected chi connectivity index (χ1v) is 7.97. The number of nitrogens with zero attached hydrogens (tertiary/aromatic N) is 2. The van der Waals surface area contributed by atoms with Crippen LogP contribution < -0.4 is 4.90 Å². The second-order valence-corrected chi connectivity index (χ2v) is 5.91. The molecule has 2 aromatic rings. The van der Waals surface area contributed by atoms with Crippen molar-refractivity contribution in [2.75, 3.05) is 38.2 Å². The van der Waals surface area contributed by atoms with Crippen LogP contribution in [0.4, 0.5) is 10.1 Å². The largest absolute Gasteiger partial charge is 0.465 e. The maximum Gasteiger partial charge on any atom is 0.341 e. The summed E-state index contributed by atoms with van der Waals surface area (Å²) in [7, 11) is 1.36. The number of hydrogen-bond acceptors (Lipinski definition) is 5. The monoisotopic (exact) mass is 332 g/mol. The lowest BCUT2D eigenvalue weighted by molar-refractivity contribution is 0.0599. The molecule has 1 saturated heterocycles. The molecule has 1 aromatic carbocycles. The first-order chi connectivity index (χ1) is 11.6. The van der Waals surface area contributed by atoms with E-state index in [4.69, 9.17) is 9.15 Å². The Bertz CT molecular complexity index is 704. The highest BCUT2D eigenvalue weighted by Gasteiger charge is 2.20. The van der Waals surface area contributed by atoms with Gasteiger partial charge in [0, 0.05) is 31.9 Å². The van der Waals surface area contributed by atoms with Gasteiger partial charge in [-0.05, 0) is 37.3 Å². The molecule has 0 unspecified atom stereocenters. The Morgan fingerprint density at radius 3 is 2.50 bits per heavy atom. The number of anilines is 1. The summed E-state index contributed by atoms with van der Waals surface area (Å²) < 4.78 is 23.4. The van der Waals surface area contributed by atoms with E-state index in [1.807, 2.05) is 12.1 Å². The molecule has 0 N–H and O–H groups in total. The molecule has 0 atom stereocenters. The molecule has 0 amide bonds. The number of piperazine rings is 1. The summed E-state index contributed by atoms with van der Waals surface area (Å²) in [6, 6.07) is 8.35. The number of carbonyl (C=O) groups is 1. The van der Waals surface area contributed by atoms with Gasteiger partial charge in [-0.25, -0.2) is 9.18 Å². The summed E-state index contributed by atoms with van der Waals surface area (Å²) >= 11 is 0. The van der Waals surface area contributed by atoms with E-state index >= 15 is 0 Å². The number of halogens is 1. The number of hydrogen-bond donors (Lipinski definition) is 0. The average Bonchev–Trinajstić information content (AvgIpc) is 2.96.